The fourth-order valence-corrected chi connectivity index (χ4v) is 2.99. The summed E-state index contributed by atoms with van der Waals surface area (Å²) in [5.41, 5.74) is -0.567. The highest BCUT2D eigenvalue weighted by Crippen LogP contribution is 2.32. The summed E-state index contributed by atoms with van der Waals surface area (Å²) < 4.78 is 11.0. The molecule has 2 aliphatic rings. The van der Waals surface area contributed by atoms with E-state index in [4.69, 9.17) is 9.47 Å². The number of amides is 1. The first-order chi connectivity index (χ1) is 9.78. The summed E-state index contributed by atoms with van der Waals surface area (Å²) in [5, 5.41) is 6.70. The molecule has 0 aromatic carbocycles. The van der Waals surface area contributed by atoms with E-state index in [1.165, 1.54) is 6.42 Å². The van der Waals surface area contributed by atoms with E-state index in [0.29, 0.717) is 12.1 Å². The maximum Gasteiger partial charge on any atom is 0.408 e. The number of carbonyl (C=O) groups is 1. The first kappa shape index (κ1) is 16.6. The average molecular weight is 298 g/mol. The van der Waals surface area contributed by atoms with Crippen molar-refractivity contribution in [3.8, 4) is 0 Å². The lowest BCUT2D eigenvalue weighted by Crippen LogP contribution is -2.61. The standard InChI is InChI=1S/C16H30N2O3/c1-12-10-13(6-9-20-12)17-11-16(7-5-8-16)18-14(19)21-15(2,3)4/h12-13,17H,5-11H2,1-4H3,(H,18,19). The summed E-state index contributed by atoms with van der Waals surface area (Å²) in [4.78, 5) is 12.0. The van der Waals surface area contributed by atoms with E-state index in [9.17, 15) is 4.79 Å². The molecule has 1 aliphatic heterocycles. The number of rotatable bonds is 4. The van der Waals surface area contributed by atoms with E-state index in [0.717, 1.165) is 38.8 Å². The molecule has 0 aromatic heterocycles. The Morgan fingerprint density at radius 1 is 1.38 bits per heavy atom. The summed E-state index contributed by atoms with van der Waals surface area (Å²) in [6.45, 7) is 9.44. The Bertz CT molecular complexity index is 361. The molecule has 5 nitrogen and oxygen atoms in total. The number of ether oxygens (including phenoxy) is 2. The van der Waals surface area contributed by atoms with Crippen LogP contribution in [0.3, 0.4) is 0 Å². The summed E-state index contributed by atoms with van der Waals surface area (Å²) in [6.07, 6.45) is 5.34. The molecule has 21 heavy (non-hydrogen) atoms. The van der Waals surface area contributed by atoms with Gasteiger partial charge in [0.1, 0.15) is 5.60 Å². The minimum Gasteiger partial charge on any atom is -0.444 e. The van der Waals surface area contributed by atoms with Crippen LogP contribution < -0.4 is 10.6 Å². The normalized spacial score (nSPS) is 28.6. The molecule has 0 radical (unpaired) electrons. The molecule has 1 saturated heterocycles. The zero-order valence-electron chi connectivity index (χ0n) is 13.8. The van der Waals surface area contributed by atoms with Gasteiger partial charge in [-0.1, -0.05) is 0 Å². The van der Waals surface area contributed by atoms with E-state index in [-0.39, 0.29) is 11.6 Å². The smallest absolute Gasteiger partial charge is 0.408 e. The molecule has 2 atom stereocenters. The van der Waals surface area contributed by atoms with Gasteiger partial charge in [-0.05, 0) is 59.8 Å². The third-order valence-corrected chi connectivity index (χ3v) is 4.29. The van der Waals surface area contributed by atoms with Crippen LogP contribution in [0.1, 0.15) is 59.8 Å². The second-order valence-electron chi connectivity index (χ2n) is 7.54. The van der Waals surface area contributed by atoms with Crippen molar-refractivity contribution in [1.29, 1.82) is 0 Å². The number of nitrogens with one attached hydrogen (secondary N) is 2. The van der Waals surface area contributed by atoms with Crippen molar-refractivity contribution >= 4 is 6.09 Å². The minimum atomic E-state index is -0.446. The van der Waals surface area contributed by atoms with Gasteiger partial charge in [-0.15, -0.1) is 0 Å². The molecule has 0 spiro atoms. The highest BCUT2D eigenvalue weighted by atomic mass is 16.6. The van der Waals surface area contributed by atoms with Crippen LogP contribution in [0.25, 0.3) is 0 Å². The van der Waals surface area contributed by atoms with Gasteiger partial charge in [-0.25, -0.2) is 4.79 Å². The zero-order valence-corrected chi connectivity index (χ0v) is 13.8. The molecule has 122 valence electrons. The summed E-state index contributed by atoms with van der Waals surface area (Å²) >= 11 is 0. The summed E-state index contributed by atoms with van der Waals surface area (Å²) in [7, 11) is 0. The molecule has 1 heterocycles. The van der Waals surface area contributed by atoms with Gasteiger partial charge in [0.15, 0.2) is 0 Å². The Morgan fingerprint density at radius 3 is 2.62 bits per heavy atom. The van der Waals surface area contributed by atoms with Crippen LogP contribution in [-0.4, -0.2) is 42.5 Å². The number of hydrogen-bond donors (Lipinski definition) is 2. The zero-order chi connectivity index (χ0) is 15.5. The second kappa shape index (κ2) is 6.53. The third-order valence-electron chi connectivity index (χ3n) is 4.29. The van der Waals surface area contributed by atoms with Crippen LogP contribution in [0.5, 0.6) is 0 Å². The quantitative estimate of drug-likeness (QED) is 0.837. The first-order valence-electron chi connectivity index (χ1n) is 8.14. The molecule has 2 N–H and O–H groups in total. The van der Waals surface area contributed by atoms with E-state index >= 15 is 0 Å². The first-order valence-corrected chi connectivity index (χ1v) is 8.14. The molecule has 1 saturated carbocycles. The van der Waals surface area contributed by atoms with Crippen molar-refractivity contribution in [2.75, 3.05) is 13.2 Å². The molecule has 1 amide bonds. The Kier molecular flexibility index (Phi) is 5.15. The molecule has 5 heteroatoms. The number of hydrogen-bond acceptors (Lipinski definition) is 4. The summed E-state index contributed by atoms with van der Waals surface area (Å²) in [6, 6.07) is 0.492. The van der Waals surface area contributed by atoms with Gasteiger partial charge in [-0.2, -0.15) is 0 Å². The van der Waals surface area contributed by atoms with Gasteiger partial charge < -0.3 is 20.1 Å². The van der Waals surface area contributed by atoms with Gasteiger partial charge >= 0.3 is 6.09 Å². The predicted molar refractivity (Wildman–Crippen MR) is 82.4 cm³/mol. The molecule has 2 unspecified atom stereocenters. The second-order valence-corrected chi connectivity index (χ2v) is 7.54. The van der Waals surface area contributed by atoms with Crippen molar-refractivity contribution in [2.45, 2.75) is 83.1 Å². The SMILES string of the molecule is CC1CC(NCC2(NC(=O)OC(C)(C)C)CCC2)CCO1. The Labute approximate surface area is 128 Å². The third kappa shape index (κ3) is 5.15. The van der Waals surface area contributed by atoms with E-state index < -0.39 is 5.60 Å². The van der Waals surface area contributed by atoms with Gasteiger partial charge in [0.05, 0.1) is 11.6 Å². The highest BCUT2D eigenvalue weighted by Gasteiger charge is 2.39. The lowest BCUT2D eigenvalue weighted by atomic mass is 9.76. The topological polar surface area (TPSA) is 59.6 Å². The lowest BCUT2D eigenvalue weighted by molar-refractivity contribution is 0.00890. The van der Waals surface area contributed by atoms with Crippen LogP contribution in [-0.2, 0) is 9.47 Å². The molecule has 2 fully saturated rings. The fourth-order valence-electron chi connectivity index (χ4n) is 2.99. The monoisotopic (exact) mass is 298 g/mol. The van der Waals surface area contributed by atoms with Crippen LogP contribution in [0, 0.1) is 0 Å². The highest BCUT2D eigenvalue weighted by molar-refractivity contribution is 5.69. The fraction of sp³-hybridized carbons (Fsp3) is 0.938. The van der Waals surface area contributed by atoms with Crippen molar-refractivity contribution in [1.82, 2.24) is 10.6 Å². The molecular formula is C16H30N2O3. The van der Waals surface area contributed by atoms with Crippen molar-refractivity contribution in [3.63, 3.8) is 0 Å². The summed E-state index contributed by atoms with van der Waals surface area (Å²) in [5.74, 6) is 0. The Hall–Kier alpha value is -0.810. The molecule has 1 aliphatic carbocycles. The van der Waals surface area contributed by atoms with Gasteiger partial charge in [-0.3, -0.25) is 0 Å². The van der Waals surface area contributed by atoms with Crippen LogP contribution >= 0.6 is 0 Å². The molecule has 0 bridgehead atoms. The van der Waals surface area contributed by atoms with Crippen LogP contribution in [0.2, 0.25) is 0 Å². The largest absolute Gasteiger partial charge is 0.444 e. The Morgan fingerprint density at radius 2 is 2.10 bits per heavy atom. The van der Waals surface area contributed by atoms with E-state index in [2.05, 4.69) is 17.6 Å². The van der Waals surface area contributed by atoms with Gasteiger partial charge in [0.2, 0.25) is 0 Å². The van der Waals surface area contributed by atoms with E-state index in [1.54, 1.807) is 0 Å². The van der Waals surface area contributed by atoms with Crippen molar-refractivity contribution < 1.29 is 14.3 Å². The molecule has 0 aromatic rings. The molecule has 2 rings (SSSR count). The van der Waals surface area contributed by atoms with Crippen LogP contribution in [0.15, 0.2) is 0 Å². The predicted octanol–water partition coefficient (Wildman–Crippen LogP) is 2.59. The average Bonchev–Trinajstić information content (AvgIpc) is 2.30. The number of alkyl carbamates (subject to hydrolysis) is 1. The maximum absolute atomic E-state index is 12.0. The van der Waals surface area contributed by atoms with E-state index in [1.807, 2.05) is 20.8 Å². The van der Waals surface area contributed by atoms with Gasteiger partial charge in [0, 0.05) is 19.2 Å². The van der Waals surface area contributed by atoms with Crippen LogP contribution in [0.4, 0.5) is 4.79 Å². The lowest BCUT2D eigenvalue weighted by Gasteiger charge is -2.44. The van der Waals surface area contributed by atoms with Gasteiger partial charge in [0.25, 0.3) is 0 Å². The Balaban J connectivity index is 1.79. The van der Waals surface area contributed by atoms with Crippen molar-refractivity contribution in [3.05, 3.63) is 0 Å². The number of carbonyl (C=O) groups excluding carboxylic acids is 1. The minimum absolute atomic E-state index is 0.121. The molecular weight excluding hydrogens is 268 g/mol. The maximum atomic E-state index is 12.0. The van der Waals surface area contributed by atoms with Crippen molar-refractivity contribution in [2.24, 2.45) is 0 Å².